The van der Waals surface area contributed by atoms with Crippen molar-refractivity contribution >= 4 is 138 Å². The van der Waals surface area contributed by atoms with E-state index in [1.54, 1.807) is 47.0 Å². The zero-order chi connectivity index (χ0) is 93.9. The van der Waals surface area contributed by atoms with E-state index in [2.05, 4.69) is 204 Å². The lowest BCUT2D eigenvalue weighted by Crippen LogP contribution is -2.45. The Morgan fingerprint density at radius 2 is 0.508 bits per heavy atom. The van der Waals surface area contributed by atoms with E-state index >= 15 is 0 Å². The molecule has 0 amide bonds. The summed E-state index contributed by atoms with van der Waals surface area (Å²) in [7, 11) is 9.27. The number of quaternary nitrogens is 4. The molecule has 7 aromatic rings. The van der Waals surface area contributed by atoms with Gasteiger partial charge in [0.25, 0.3) is 0 Å². The van der Waals surface area contributed by atoms with Crippen molar-refractivity contribution in [3.8, 4) is 85.8 Å². The number of H-pyrrole nitrogens is 2. The third kappa shape index (κ3) is 26.9. The van der Waals surface area contributed by atoms with Crippen LogP contribution >= 0.6 is 93.5 Å². The zero-order valence-electron chi connectivity index (χ0n) is 83.1. The molecule has 20 nitrogen and oxygen atoms in total. The Labute approximate surface area is 805 Å². The van der Waals surface area contributed by atoms with Crippen LogP contribution in [0.5, 0.6) is 40.2 Å². The number of ether oxygens (including phenoxy) is 8. The molecule has 0 aliphatic carbocycles. The van der Waals surface area contributed by atoms with Gasteiger partial charge in [-0.2, -0.15) is 0 Å². The lowest BCUT2D eigenvalue weighted by atomic mass is 10.00. The number of aromatic nitrogens is 8. The number of fused-ring (bicyclic) bond motifs is 20. The second-order valence-electron chi connectivity index (χ2n) is 39.4. The summed E-state index contributed by atoms with van der Waals surface area (Å²) in [6.07, 6.45) is 5.09. The van der Waals surface area contributed by atoms with Crippen molar-refractivity contribution in [3.05, 3.63) is 25.7 Å². The highest BCUT2D eigenvalue weighted by atomic mass is 35.5. The van der Waals surface area contributed by atoms with Crippen LogP contribution < -0.4 is 33.2 Å². The molecule has 0 radical (unpaired) electrons. The van der Waals surface area contributed by atoms with Crippen molar-refractivity contribution in [1.29, 1.82) is 0 Å². The molecule has 28 heteroatoms. The van der Waals surface area contributed by atoms with Crippen LogP contribution in [0, 0.1) is 47.3 Å². The number of nitrogens with zero attached hydrogens (tertiary/aromatic N) is 10. The molecular weight excluding hydrogens is 1770 g/mol. The molecule has 0 atom stereocenters. The molecule has 2 aliphatic rings. The van der Waals surface area contributed by atoms with Crippen LogP contribution in [0.2, 0.25) is 20.1 Å². The average molecular weight is 1930 g/mol. The standard InChI is InChI=1S/C100H158Cl4N12O8S4/c1-29-113(25,30-2)44-55-125-89-69(60-117-59-68(23)24)70-71(82(78(89)101)118-48-37-61(9)10)94-105-93(70)106-95-72-75(86(122-52-41-65(17)18)90(126-56-45-114(26,31-3)32-4)79(102)83(72)119-49-38-62(11)12)99(108-95)110-97-74-77(88(124-54-43-67(21)22)92(128-58-47-116(28,35-7)36-8)81(104)85(74)121-51-40-64(15)16)100(112-97)111-96-73-76(98(107-94)109-96)87(123-53-42-66(19)20)91(127-57-46-115(27,33-5)34-6)80(103)84(73)120-50-39-63(13)14/h61-68H,29-60H2,1-28H3,(H2,105,106,107,108,109,110,111,112)/q+4. The maximum Gasteiger partial charge on any atom is 0.168 e. The second-order valence-corrected chi connectivity index (χ2v) is 45.3. The van der Waals surface area contributed by atoms with Gasteiger partial charge in [0.2, 0.25) is 0 Å². The fourth-order valence-corrected chi connectivity index (χ4v) is 21.5. The number of rotatable bonds is 56. The minimum absolute atomic E-state index is 0.141. The van der Waals surface area contributed by atoms with E-state index in [0.717, 1.165) is 172 Å². The fraction of sp³-hybridized carbons (Fsp3) is 0.680. The number of thioether (sulfide) groups is 4. The van der Waals surface area contributed by atoms with Gasteiger partial charge >= 0.3 is 0 Å². The lowest BCUT2D eigenvalue weighted by molar-refractivity contribution is -0.903. The van der Waals surface area contributed by atoms with Crippen LogP contribution in [-0.2, 0) is 11.3 Å². The lowest BCUT2D eigenvalue weighted by Gasteiger charge is -2.32. The molecule has 714 valence electrons. The summed E-state index contributed by atoms with van der Waals surface area (Å²) in [5.74, 6) is 9.30. The number of aromatic amines is 2. The summed E-state index contributed by atoms with van der Waals surface area (Å²) in [6.45, 7) is 67.4. The first kappa shape index (κ1) is 107. The smallest absolute Gasteiger partial charge is 0.168 e. The largest absolute Gasteiger partial charge is 0.492 e. The Morgan fingerprint density at radius 3 is 0.797 bits per heavy atom. The van der Waals surface area contributed by atoms with E-state index in [9.17, 15) is 0 Å². The molecule has 0 spiro atoms. The van der Waals surface area contributed by atoms with Gasteiger partial charge in [0, 0.05) is 45.6 Å². The van der Waals surface area contributed by atoms with Gasteiger partial charge < -0.3 is 65.8 Å². The van der Waals surface area contributed by atoms with Crippen molar-refractivity contribution < 1.29 is 55.8 Å². The zero-order valence-corrected chi connectivity index (χ0v) is 89.4. The summed E-state index contributed by atoms with van der Waals surface area (Å²) < 4.78 is 62.5. The van der Waals surface area contributed by atoms with Crippen LogP contribution in [0.15, 0.2) is 19.6 Å². The van der Waals surface area contributed by atoms with E-state index in [-0.39, 0.29) is 71.4 Å². The van der Waals surface area contributed by atoms with Crippen molar-refractivity contribution in [1.82, 2.24) is 39.9 Å². The monoisotopic (exact) mass is 1920 g/mol. The van der Waals surface area contributed by atoms with Crippen LogP contribution in [0.25, 0.3) is 89.7 Å². The molecule has 2 N–H and O–H groups in total. The number of benzene rings is 4. The van der Waals surface area contributed by atoms with Gasteiger partial charge in [-0.25, -0.2) is 29.9 Å². The molecule has 0 fully saturated rings. The Bertz CT molecular complexity index is 4700. The Hall–Kier alpha value is -4.80. The summed E-state index contributed by atoms with van der Waals surface area (Å²) in [5.41, 5.74) is 4.41. The molecule has 5 heterocycles. The average Bonchev–Trinajstić information content (AvgIpc) is 1.55. The predicted molar refractivity (Wildman–Crippen MR) is 547 cm³/mol. The summed E-state index contributed by atoms with van der Waals surface area (Å²) in [6, 6.07) is 0. The van der Waals surface area contributed by atoms with Crippen molar-refractivity contribution in [2.75, 3.05) is 183 Å². The number of halogens is 4. The van der Waals surface area contributed by atoms with Crippen LogP contribution in [0.4, 0.5) is 0 Å². The van der Waals surface area contributed by atoms with Crippen molar-refractivity contribution in [2.24, 2.45) is 47.3 Å². The first-order valence-electron chi connectivity index (χ1n) is 48.0. The maximum absolute atomic E-state index is 8.35. The van der Waals surface area contributed by atoms with Gasteiger partial charge in [-0.1, -0.05) is 157 Å². The van der Waals surface area contributed by atoms with Gasteiger partial charge in [0.15, 0.2) is 46.3 Å². The summed E-state index contributed by atoms with van der Waals surface area (Å²) >= 11 is 40.1. The van der Waals surface area contributed by atoms with Crippen molar-refractivity contribution in [2.45, 2.75) is 237 Å². The molecular formula is C100H158Cl4N12O8S4+4. The van der Waals surface area contributed by atoms with Crippen LogP contribution in [0.1, 0.15) is 217 Å². The molecule has 0 unspecified atom stereocenters. The third-order valence-corrected chi connectivity index (χ3v) is 32.1. The van der Waals surface area contributed by atoms with E-state index in [1.807, 2.05) is 0 Å². The minimum atomic E-state index is 0.141. The quantitative estimate of drug-likeness (QED) is 0.0271. The molecule has 8 bridgehead atoms. The van der Waals surface area contributed by atoms with Gasteiger partial charge in [-0.15, -0.1) is 47.0 Å². The van der Waals surface area contributed by atoms with E-state index in [4.69, 9.17) is 114 Å². The maximum atomic E-state index is 8.35. The third-order valence-electron chi connectivity index (χ3n) is 25.9. The highest BCUT2D eigenvalue weighted by molar-refractivity contribution is 8.00. The highest BCUT2D eigenvalue weighted by Crippen LogP contribution is 2.60. The Kier molecular flexibility index (Phi) is 41.0. The minimum Gasteiger partial charge on any atom is -0.492 e. The number of hydrogen-bond donors (Lipinski definition) is 2. The first-order valence-corrected chi connectivity index (χ1v) is 53.5. The number of nitrogens with one attached hydrogen (secondary N) is 2. The Balaban J connectivity index is 1.71. The Morgan fingerprint density at radius 1 is 0.281 bits per heavy atom. The van der Waals surface area contributed by atoms with Crippen molar-refractivity contribution in [3.63, 3.8) is 0 Å². The molecule has 3 aromatic heterocycles. The first-order chi connectivity index (χ1) is 60.8. The van der Waals surface area contributed by atoms with E-state index < -0.39 is 0 Å². The predicted octanol–water partition coefficient (Wildman–Crippen LogP) is 26.9. The van der Waals surface area contributed by atoms with Gasteiger partial charge in [0.05, 0.1) is 218 Å². The fourth-order valence-electron chi connectivity index (χ4n) is 14.9. The molecule has 2 aliphatic heterocycles. The SMILES string of the molecule is CC[N+](C)(CC)CCSc1c(Cl)c(OCCC(C)C)c2c(c1COCC(C)C)-c1nc-2nc2[nH]c(nc3nc(nc4[nH]c(n1)c1c(OCCC(C)C)c(Cl)c(SCC[N+](C)(CC)CC)c(OCCC(C)C)c41)-c1c(OCCC(C)C)c(Cl)c(SCC[N+](C)(CC)CC)c(OCCC(C)C)c1-3)c1c(OCCC(C)C)c(Cl)c(SCC[N+](C)(CC)CC)c(OCCC(C)C)c21. The number of hydrogen-bond acceptors (Lipinski definition) is 18. The molecule has 128 heavy (non-hydrogen) atoms. The summed E-state index contributed by atoms with van der Waals surface area (Å²) in [5, 5.41) is 3.87. The van der Waals surface area contributed by atoms with Gasteiger partial charge in [0.1, 0.15) is 54.9 Å². The van der Waals surface area contributed by atoms with Crippen LogP contribution in [-0.4, -0.2) is 240 Å². The molecule has 4 aromatic carbocycles. The topological polar surface area (TPSA) is 183 Å². The normalized spacial score (nSPS) is 12.8. The van der Waals surface area contributed by atoms with Gasteiger partial charge in [-0.05, 0) is 148 Å². The molecule has 0 saturated carbocycles. The van der Waals surface area contributed by atoms with Gasteiger partial charge in [-0.3, -0.25) is 0 Å². The molecule has 9 rings (SSSR count). The second kappa shape index (κ2) is 49.1. The highest BCUT2D eigenvalue weighted by Gasteiger charge is 2.40. The van der Waals surface area contributed by atoms with E-state index in [0.29, 0.717) is 203 Å². The van der Waals surface area contributed by atoms with E-state index in [1.165, 1.54) is 0 Å². The van der Waals surface area contributed by atoms with Crippen LogP contribution in [0.3, 0.4) is 0 Å². The molecule has 0 saturated heterocycles. The summed E-state index contributed by atoms with van der Waals surface area (Å²) in [4.78, 5) is 46.9.